The Kier molecular flexibility index (Phi) is 5.67. The van der Waals surface area contributed by atoms with Crippen LogP contribution >= 0.6 is 0 Å². The minimum absolute atomic E-state index is 0.381. The number of benzene rings is 1. The molecule has 0 unspecified atom stereocenters. The van der Waals surface area contributed by atoms with E-state index in [-0.39, 0.29) is 0 Å². The van der Waals surface area contributed by atoms with Gasteiger partial charge in [-0.1, -0.05) is 31.0 Å². The number of para-hydroxylation sites is 1. The molecule has 1 aliphatic rings. The minimum atomic E-state index is 0.381. The van der Waals surface area contributed by atoms with Crippen molar-refractivity contribution in [2.75, 3.05) is 20.8 Å². The van der Waals surface area contributed by atoms with Crippen LogP contribution in [0.3, 0.4) is 0 Å². The lowest BCUT2D eigenvalue weighted by molar-refractivity contribution is 0.0421. The van der Waals surface area contributed by atoms with E-state index in [1.165, 1.54) is 31.2 Å². The Balaban J connectivity index is 1.82. The van der Waals surface area contributed by atoms with Gasteiger partial charge in [-0.15, -0.1) is 0 Å². The van der Waals surface area contributed by atoms with Crippen LogP contribution in [0.4, 0.5) is 0 Å². The SMILES string of the molecule is COc1ccccc1CCN[C@H]1CCCC[C@@H]1OC. The van der Waals surface area contributed by atoms with Gasteiger partial charge in [0.15, 0.2) is 0 Å². The molecular weight excluding hydrogens is 238 g/mol. The summed E-state index contributed by atoms with van der Waals surface area (Å²) >= 11 is 0. The summed E-state index contributed by atoms with van der Waals surface area (Å²) in [6, 6.07) is 8.74. The van der Waals surface area contributed by atoms with Crippen LogP contribution in [0.25, 0.3) is 0 Å². The van der Waals surface area contributed by atoms with Crippen LogP contribution in [0, 0.1) is 0 Å². The molecule has 1 N–H and O–H groups in total. The summed E-state index contributed by atoms with van der Waals surface area (Å²) in [5, 5.41) is 3.64. The van der Waals surface area contributed by atoms with Crippen LogP contribution < -0.4 is 10.1 Å². The highest BCUT2D eigenvalue weighted by Crippen LogP contribution is 2.21. The van der Waals surface area contributed by atoms with Crippen molar-refractivity contribution in [2.24, 2.45) is 0 Å². The molecule has 0 saturated heterocycles. The second-order valence-corrected chi connectivity index (χ2v) is 5.18. The highest BCUT2D eigenvalue weighted by molar-refractivity contribution is 5.33. The Morgan fingerprint density at radius 1 is 1.16 bits per heavy atom. The normalized spacial score (nSPS) is 23.3. The van der Waals surface area contributed by atoms with E-state index >= 15 is 0 Å². The first-order valence-corrected chi connectivity index (χ1v) is 7.23. The van der Waals surface area contributed by atoms with Crippen molar-refractivity contribution in [3.8, 4) is 5.75 Å². The van der Waals surface area contributed by atoms with Crippen molar-refractivity contribution < 1.29 is 9.47 Å². The maximum Gasteiger partial charge on any atom is 0.122 e. The average molecular weight is 263 g/mol. The van der Waals surface area contributed by atoms with E-state index < -0.39 is 0 Å². The Morgan fingerprint density at radius 2 is 1.95 bits per heavy atom. The molecule has 1 aromatic carbocycles. The standard InChI is InChI=1S/C16H25NO2/c1-18-15-9-5-3-7-13(15)11-12-17-14-8-4-6-10-16(14)19-2/h3,5,7,9,14,16-17H,4,6,8,10-12H2,1-2H3/t14-,16-/m0/s1. The molecule has 1 saturated carbocycles. The van der Waals surface area contributed by atoms with Gasteiger partial charge >= 0.3 is 0 Å². The molecule has 0 amide bonds. The largest absolute Gasteiger partial charge is 0.496 e. The van der Waals surface area contributed by atoms with E-state index in [1.807, 2.05) is 19.2 Å². The Labute approximate surface area is 116 Å². The lowest BCUT2D eigenvalue weighted by Crippen LogP contribution is -2.43. The molecule has 2 atom stereocenters. The molecule has 1 aliphatic carbocycles. The van der Waals surface area contributed by atoms with Gasteiger partial charge in [0.1, 0.15) is 5.75 Å². The van der Waals surface area contributed by atoms with E-state index in [9.17, 15) is 0 Å². The van der Waals surface area contributed by atoms with Crippen LogP contribution in [0.1, 0.15) is 31.2 Å². The highest BCUT2D eigenvalue weighted by Gasteiger charge is 2.23. The summed E-state index contributed by atoms with van der Waals surface area (Å²) in [6.07, 6.45) is 6.39. The molecule has 1 fully saturated rings. The third kappa shape index (κ3) is 3.95. The van der Waals surface area contributed by atoms with E-state index in [0.717, 1.165) is 18.7 Å². The predicted octanol–water partition coefficient (Wildman–Crippen LogP) is 2.78. The minimum Gasteiger partial charge on any atom is -0.496 e. The molecule has 1 aromatic rings. The fraction of sp³-hybridized carbons (Fsp3) is 0.625. The quantitative estimate of drug-likeness (QED) is 0.856. The summed E-state index contributed by atoms with van der Waals surface area (Å²) < 4.78 is 10.9. The fourth-order valence-electron chi connectivity index (χ4n) is 2.91. The fourth-order valence-corrected chi connectivity index (χ4v) is 2.91. The number of methoxy groups -OCH3 is 2. The third-order valence-corrected chi connectivity index (χ3v) is 4.00. The lowest BCUT2D eigenvalue weighted by Gasteiger charge is -2.31. The van der Waals surface area contributed by atoms with Gasteiger partial charge in [0.25, 0.3) is 0 Å². The van der Waals surface area contributed by atoms with Crippen molar-refractivity contribution in [3.05, 3.63) is 29.8 Å². The monoisotopic (exact) mass is 263 g/mol. The zero-order chi connectivity index (χ0) is 13.5. The second-order valence-electron chi connectivity index (χ2n) is 5.18. The molecule has 3 heteroatoms. The maximum absolute atomic E-state index is 5.56. The van der Waals surface area contributed by atoms with E-state index in [2.05, 4.69) is 17.4 Å². The zero-order valence-electron chi connectivity index (χ0n) is 12.0. The number of nitrogens with one attached hydrogen (secondary N) is 1. The van der Waals surface area contributed by atoms with Gasteiger partial charge < -0.3 is 14.8 Å². The first kappa shape index (κ1) is 14.4. The lowest BCUT2D eigenvalue weighted by atomic mass is 9.92. The van der Waals surface area contributed by atoms with Crippen LogP contribution in [0.5, 0.6) is 5.75 Å². The summed E-state index contributed by atoms with van der Waals surface area (Å²) in [6.45, 7) is 0.977. The van der Waals surface area contributed by atoms with E-state index in [1.54, 1.807) is 7.11 Å². The summed E-state index contributed by atoms with van der Waals surface area (Å²) in [4.78, 5) is 0. The predicted molar refractivity (Wildman–Crippen MR) is 77.8 cm³/mol. The van der Waals surface area contributed by atoms with Crippen molar-refractivity contribution in [2.45, 2.75) is 44.2 Å². The summed E-state index contributed by atoms with van der Waals surface area (Å²) in [5.41, 5.74) is 1.27. The zero-order valence-corrected chi connectivity index (χ0v) is 12.0. The van der Waals surface area contributed by atoms with Crippen molar-refractivity contribution in [1.82, 2.24) is 5.32 Å². The third-order valence-electron chi connectivity index (χ3n) is 4.00. The first-order valence-electron chi connectivity index (χ1n) is 7.23. The molecule has 19 heavy (non-hydrogen) atoms. The van der Waals surface area contributed by atoms with Crippen LogP contribution in [0.2, 0.25) is 0 Å². The molecule has 0 heterocycles. The summed E-state index contributed by atoms with van der Waals surface area (Å²) in [7, 11) is 3.55. The van der Waals surface area contributed by atoms with Crippen molar-refractivity contribution >= 4 is 0 Å². The molecule has 2 rings (SSSR count). The van der Waals surface area contributed by atoms with Gasteiger partial charge in [-0.3, -0.25) is 0 Å². The van der Waals surface area contributed by atoms with Gasteiger partial charge in [0, 0.05) is 13.2 Å². The summed E-state index contributed by atoms with van der Waals surface area (Å²) in [5.74, 6) is 0.983. The smallest absolute Gasteiger partial charge is 0.122 e. The average Bonchev–Trinajstić information content (AvgIpc) is 2.48. The van der Waals surface area contributed by atoms with Gasteiger partial charge in [-0.05, 0) is 37.4 Å². The number of ether oxygens (including phenoxy) is 2. The molecule has 0 bridgehead atoms. The van der Waals surface area contributed by atoms with Crippen LogP contribution in [-0.2, 0) is 11.2 Å². The van der Waals surface area contributed by atoms with Crippen molar-refractivity contribution in [1.29, 1.82) is 0 Å². The Morgan fingerprint density at radius 3 is 2.74 bits per heavy atom. The molecule has 0 aliphatic heterocycles. The van der Waals surface area contributed by atoms with E-state index in [4.69, 9.17) is 9.47 Å². The van der Waals surface area contributed by atoms with Crippen molar-refractivity contribution in [3.63, 3.8) is 0 Å². The second kappa shape index (κ2) is 7.51. The molecule has 0 aromatic heterocycles. The number of hydrogen-bond donors (Lipinski definition) is 1. The van der Waals surface area contributed by atoms with Gasteiger partial charge in [-0.25, -0.2) is 0 Å². The molecule has 0 spiro atoms. The first-order chi connectivity index (χ1) is 9.35. The molecule has 106 valence electrons. The van der Waals surface area contributed by atoms with Gasteiger partial charge in [0.05, 0.1) is 13.2 Å². The molecule has 0 radical (unpaired) electrons. The number of rotatable bonds is 6. The van der Waals surface area contributed by atoms with Crippen LogP contribution in [-0.4, -0.2) is 32.9 Å². The maximum atomic E-state index is 5.56. The molecular formula is C16H25NO2. The van der Waals surface area contributed by atoms with Gasteiger partial charge in [0.2, 0.25) is 0 Å². The molecule has 3 nitrogen and oxygen atoms in total. The van der Waals surface area contributed by atoms with Crippen LogP contribution in [0.15, 0.2) is 24.3 Å². The number of hydrogen-bond acceptors (Lipinski definition) is 3. The topological polar surface area (TPSA) is 30.5 Å². The Hall–Kier alpha value is -1.06. The van der Waals surface area contributed by atoms with E-state index in [0.29, 0.717) is 12.1 Å². The van der Waals surface area contributed by atoms with Gasteiger partial charge in [-0.2, -0.15) is 0 Å². The Bertz CT molecular complexity index is 381. The highest BCUT2D eigenvalue weighted by atomic mass is 16.5.